The van der Waals surface area contributed by atoms with Gasteiger partial charge in [0.05, 0.1) is 6.61 Å². The fraction of sp³-hybridized carbons (Fsp3) is 0.440. The first-order chi connectivity index (χ1) is 14.5. The van der Waals surface area contributed by atoms with E-state index in [1.54, 1.807) is 4.90 Å². The van der Waals surface area contributed by atoms with Crippen molar-refractivity contribution >= 4 is 12.0 Å². The summed E-state index contributed by atoms with van der Waals surface area (Å²) in [6, 6.07) is 16.7. The lowest BCUT2D eigenvalue weighted by molar-refractivity contribution is -0.138. The van der Waals surface area contributed by atoms with Crippen LogP contribution in [-0.4, -0.2) is 41.5 Å². The number of benzene rings is 2. The molecule has 1 saturated heterocycles. The van der Waals surface area contributed by atoms with Crippen molar-refractivity contribution in [3.63, 3.8) is 0 Å². The highest BCUT2D eigenvalue weighted by Crippen LogP contribution is 2.33. The number of likely N-dealkylation sites (tertiary alicyclic amines) is 1. The number of ether oxygens (including phenoxy) is 1. The third-order valence-electron chi connectivity index (χ3n) is 6.00. The lowest BCUT2D eigenvalue weighted by atomic mass is 9.95. The van der Waals surface area contributed by atoms with Gasteiger partial charge in [-0.3, -0.25) is 4.79 Å². The Morgan fingerprint density at radius 1 is 0.900 bits per heavy atom. The molecular formula is C25H30N2O3. The van der Waals surface area contributed by atoms with E-state index in [4.69, 9.17) is 4.74 Å². The molecule has 0 aromatic heterocycles. The summed E-state index contributed by atoms with van der Waals surface area (Å²) >= 11 is 0. The zero-order chi connectivity index (χ0) is 21.1. The number of rotatable bonds is 3. The number of nitrogens with zero attached hydrogens (tertiary/aromatic N) is 2. The Hall–Kier alpha value is -2.82. The summed E-state index contributed by atoms with van der Waals surface area (Å²) in [5.74, 6) is 0.468. The Labute approximate surface area is 178 Å². The molecule has 2 aromatic carbocycles. The molecular weight excluding hydrogens is 376 g/mol. The zero-order valence-corrected chi connectivity index (χ0v) is 17.8. The van der Waals surface area contributed by atoms with Gasteiger partial charge in [-0.1, -0.05) is 62.4 Å². The minimum atomic E-state index is -0.257. The van der Waals surface area contributed by atoms with Gasteiger partial charge in [-0.15, -0.1) is 0 Å². The first kappa shape index (κ1) is 20.5. The van der Waals surface area contributed by atoms with Crippen molar-refractivity contribution in [3.05, 3.63) is 59.7 Å². The number of amides is 2. The second-order valence-corrected chi connectivity index (χ2v) is 8.74. The van der Waals surface area contributed by atoms with E-state index in [9.17, 15) is 9.59 Å². The molecule has 2 aliphatic heterocycles. The molecule has 2 amide bonds. The molecule has 0 N–H and O–H groups in total. The number of carbonyl (C=O) groups excluding carboxylic acids is 2. The molecule has 5 heteroatoms. The van der Waals surface area contributed by atoms with Crippen LogP contribution in [-0.2, 0) is 22.6 Å². The van der Waals surface area contributed by atoms with Crippen LogP contribution in [0.5, 0.6) is 0 Å². The predicted octanol–water partition coefficient (Wildman–Crippen LogP) is 4.70. The molecule has 2 aromatic rings. The predicted molar refractivity (Wildman–Crippen MR) is 117 cm³/mol. The zero-order valence-electron chi connectivity index (χ0n) is 17.8. The van der Waals surface area contributed by atoms with Crippen LogP contribution in [0.3, 0.4) is 0 Å². The highest BCUT2D eigenvalue weighted by molar-refractivity contribution is 5.81. The first-order valence-electron chi connectivity index (χ1n) is 10.9. The number of carbonyl (C=O) groups is 2. The summed E-state index contributed by atoms with van der Waals surface area (Å²) in [6.07, 6.45) is 1.12. The maximum atomic E-state index is 13.4. The van der Waals surface area contributed by atoms with Gasteiger partial charge in [-0.25, -0.2) is 4.79 Å². The molecule has 30 heavy (non-hydrogen) atoms. The van der Waals surface area contributed by atoms with E-state index in [-0.39, 0.29) is 17.9 Å². The van der Waals surface area contributed by atoms with Gasteiger partial charge in [-0.2, -0.15) is 0 Å². The number of hydrogen-bond acceptors (Lipinski definition) is 3. The molecule has 0 bridgehead atoms. The second kappa shape index (κ2) is 8.90. The van der Waals surface area contributed by atoms with Crippen molar-refractivity contribution < 1.29 is 14.3 Å². The maximum Gasteiger partial charge on any atom is 0.409 e. The van der Waals surface area contributed by atoms with E-state index in [2.05, 4.69) is 36.4 Å². The Bertz CT molecular complexity index is 869. The Kier molecular flexibility index (Phi) is 6.07. The largest absolute Gasteiger partial charge is 0.449 e. The standard InChI is InChI=1S/C25H30N2O3/c1-18(2)17-30-25(29)26-13-11-19(12-14-26)24(28)27-15-20-7-3-5-9-22(20)23-10-6-4-8-21(23)16-27/h3-10,18-19H,11-17H2,1-2H3. The fourth-order valence-corrected chi connectivity index (χ4v) is 4.36. The Morgan fingerprint density at radius 2 is 1.43 bits per heavy atom. The Morgan fingerprint density at radius 3 is 1.97 bits per heavy atom. The van der Waals surface area contributed by atoms with E-state index in [1.165, 1.54) is 22.3 Å². The van der Waals surface area contributed by atoms with Crippen molar-refractivity contribution in [2.24, 2.45) is 11.8 Å². The highest BCUT2D eigenvalue weighted by Gasteiger charge is 2.32. The molecule has 5 nitrogen and oxygen atoms in total. The summed E-state index contributed by atoms with van der Waals surface area (Å²) in [5.41, 5.74) is 4.80. The molecule has 0 spiro atoms. The first-order valence-corrected chi connectivity index (χ1v) is 10.9. The van der Waals surface area contributed by atoms with Crippen LogP contribution in [0.2, 0.25) is 0 Å². The summed E-state index contributed by atoms with van der Waals surface area (Å²) in [7, 11) is 0. The van der Waals surface area contributed by atoms with Gasteiger partial charge in [0.15, 0.2) is 0 Å². The van der Waals surface area contributed by atoms with Crippen LogP contribution in [0.1, 0.15) is 37.8 Å². The summed E-state index contributed by atoms with van der Waals surface area (Å²) in [4.78, 5) is 29.3. The highest BCUT2D eigenvalue weighted by atomic mass is 16.6. The molecule has 0 saturated carbocycles. The molecule has 0 radical (unpaired) electrons. The van der Waals surface area contributed by atoms with Crippen molar-refractivity contribution in [2.45, 2.75) is 39.8 Å². The number of hydrogen-bond donors (Lipinski definition) is 0. The van der Waals surface area contributed by atoms with Crippen LogP contribution < -0.4 is 0 Å². The van der Waals surface area contributed by atoms with E-state index in [0.29, 0.717) is 51.5 Å². The van der Waals surface area contributed by atoms with Crippen LogP contribution >= 0.6 is 0 Å². The quantitative estimate of drug-likeness (QED) is 0.742. The molecule has 1 fully saturated rings. The molecule has 158 valence electrons. The average molecular weight is 407 g/mol. The topological polar surface area (TPSA) is 49.9 Å². The van der Waals surface area contributed by atoms with Crippen LogP contribution in [0.25, 0.3) is 11.1 Å². The van der Waals surface area contributed by atoms with Gasteiger partial charge in [0.25, 0.3) is 0 Å². The van der Waals surface area contributed by atoms with Crippen LogP contribution in [0.4, 0.5) is 4.79 Å². The Balaban J connectivity index is 1.44. The van der Waals surface area contributed by atoms with Crippen molar-refractivity contribution in [1.82, 2.24) is 9.80 Å². The molecule has 2 heterocycles. The molecule has 2 aliphatic rings. The lowest BCUT2D eigenvalue weighted by Gasteiger charge is -2.33. The van der Waals surface area contributed by atoms with Gasteiger partial charge in [0.2, 0.25) is 5.91 Å². The number of fused-ring (bicyclic) bond motifs is 3. The minimum absolute atomic E-state index is 0.0448. The van der Waals surface area contributed by atoms with Gasteiger partial charge >= 0.3 is 6.09 Å². The smallest absolute Gasteiger partial charge is 0.409 e. The van der Waals surface area contributed by atoms with E-state index in [0.717, 1.165) is 0 Å². The van der Waals surface area contributed by atoms with Gasteiger partial charge < -0.3 is 14.5 Å². The minimum Gasteiger partial charge on any atom is -0.449 e. The van der Waals surface area contributed by atoms with Gasteiger partial charge in [-0.05, 0) is 41.0 Å². The molecule has 0 unspecified atom stereocenters. The van der Waals surface area contributed by atoms with Crippen molar-refractivity contribution in [2.75, 3.05) is 19.7 Å². The van der Waals surface area contributed by atoms with Crippen molar-refractivity contribution in [1.29, 1.82) is 0 Å². The maximum absolute atomic E-state index is 13.4. The summed E-state index contributed by atoms with van der Waals surface area (Å²) in [5, 5.41) is 0. The van der Waals surface area contributed by atoms with Crippen LogP contribution in [0.15, 0.2) is 48.5 Å². The third-order valence-corrected chi connectivity index (χ3v) is 6.00. The van der Waals surface area contributed by atoms with E-state index >= 15 is 0 Å². The molecule has 0 atom stereocenters. The SMILES string of the molecule is CC(C)COC(=O)N1CCC(C(=O)N2Cc3ccccc3-c3ccccc3C2)CC1. The van der Waals surface area contributed by atoms with E-state index < -0.39 is 0 Å². The monoisotopic (exact) mass is 406 g/mol. The molecule has 0 aliphatic carbocycles. The van der Waals surface area contributed by atoms with E-state index in [1.807, 2.05) is 30.9 Å². The van der Waals surface area contributed by atoms with Crippen LogP contribution in [0, 0.1) is 11.8 Å². The van der Waals surface area contributed by atoms with Gasteiger partial charge in [0.1, 0.15) is 0 Å². The lowest BCUT2D eigenvalue weighted by Crippen LogP contribution is -2.44. The average Bonchev–Trinajstić information content (AvgIpc) is 2.94. The molecule has 4 rings (SSSR count). The summed E-state index contributed by atoms with van der Waals surface area (Å²) in [6.45, 7) is 6.89. The third kappa shape index (κ3) is 4.35. The van der Waals surface area contributed by atoms with Gasteiger partial charge in [0, 0.05) is 32.1 Å². The fourth-order valence-electron chi connectivity index (χ4n) is 4.36. The number of piperidine rings is 1. The summed E-state index contributed by atoms with van der Waals surface area (Å²) < 4.78 is 5.34. The second-order valence-electron chi connectivity index (χ2n) is 8.74. The normalized spacial score (nSPS) is 16.6. The van der Waals surface area contributed by atoms with Crippen molar-refractivity contribution in [3.8, 4) is 11.1 Å².